The first-order valence-corrected chi connectivity index (χ1v) is 7.44. The van der Waals surface area contributed by atoms with Crippen LogP contribution in [-0.2, 0) is 14.8 Å². The van der Waals surface area contributed by atoms with Gasteiger partial charge in [0.15, 0.2) is 5.25 Å². The van der Waals surface area contributed by atoms with Crippen molar-refractivity contribution in [2.45, 2.75) is 22.8 Å². The van der Waals surface area contributed by atoms with Crippen LogP contribution >= 0.6 is 11.8 Å². The number of anilines is 1. The lowest BCUT2D eigenvalue weighted by molar-refractivity contribution is -0.136. The van der Waals surface area contributed by atoms with Crippen molar-refractivity contribution in [2.24, 2.45) is 0 Å². The number of halogens is 2. The summed E-state index contributed by atoms with van der Waals surface area (Å²) >= 11 is 0.332. The van der Waals surface area contributed by atoms with Gasteiger partial charge in [-0.1, -0.05) is 11.8 Å². The highest BCUT2D eigenvalue weighted by atomic mass is 32.2. The zero-order valence-corrected chi connectivity index (χ0v) is 11.3. The molecule has 0 aromatic heterocycles. The summed E-state index contributed by atoms with van der Waals surface area (Å²) in [7, 11) is -4.05. The number of carboxylic acid groups (broad SMARTS) is 1. The van der Waals surface area contributed by atoms with Crippen molar-refractivity contribution in [3.05, 3.63) is 24.3 Å². The van der Waals surface area contributed by atoms with Gasteiger partial charge in [0.05, 0.1) is 0 Å². The fraction of sp³-hybridized carbons (Fsp3) is 0.300. The minimum atomic E-state index is -4.05. The van der Waals surface area contributed by atoms with Gasteiger partial charge in [-0.15, -0.1) is 0 Å². The van der Waals surface area contributed by atoms with Gasteiger partial charge in [-0.05, 0) is 31.2 Å². The average Bonchev–Trinajstić information content (AvgIpc) is 2.29. The molecule has 19 heavy (non-hydrogen) atoms. The summed E-state index contributed by atoms with van der Waals surface area (Å²) in [6.45, 7) is 1.03. The highest BCUT2D eigenvalue weighted by Gasteiger charge is 2.27. The normalized spacial score (nSPS) is 13.3. The van der Waals surface area contributed by atoms with E-state index in [4.69, 9.17) is 5.11 Å². The lowest BCUT2D eigenvalue weighted by Gasteiger charge is -2.11. The molecule has 0 saturated heterocycles. The van der Waals surface area contributed by atoms with Gasteiger partial charge in [0.2, 0.25) is 10.0 Å². The van der Waals surface area contributed by atoms with Crippen molar-refractivity contribution in [3.63, 3.8) is 0 Å². The maximum absolute atomic E-state index is 12.1. The Labute approximate surface area is 113 Å². The standard InChI is InChI=1S/C10H11F2NO4S2/c1-6(9(14)15)19(16,17)13-7-2-4-8(5-3-7)18-10(11)12/h2-6,10,13H,1H3,(H,14,15). The van der Waals surface area contributed by atoms with Crippen molar-refractivity contribution < 1.29 is 27.1 Å². The van der Waals surface area contributed by atoms with E-state index >= 15 is 0 Å². The fourth-order valence-electron chi connectivity index (χ4n) is 1.09. The minimum Gasteiger partial charge on any atom is -0.480 e. The van der Waals surface area contributed by atoms with Gasteiger partial charge in [0.1, 0.15) is 0 Å². The Hall–Kier alpha value is -1.35. The number of thioether (sulfide) groups is 1. The Morgan fingerprint density at radius 2 is 1.84 bits per heavy atom. The van der Waals surface area contributed by atoms with E-state index in [0.29, 0.717) is 11.8 Å². The topological polar surface area (TPSA) is 83.5 Å². The number of rotatable bonds is 6. The molecule has 1 aromatic rings. The van der Waals surface area contributed by atoms with E-state index < -0.39 is 27.0 Å². The van der Waals surface area contributed by atoms with E-state index in [1.54, 1.807) is 0 Å². The van der Waals surface area contributed by atoms with Crippen LogP contribution in [0.25, 0.3) is 0 Å². The molecule has 0 saturated carbocycles. The SMILES string of the molecule is CC(C(=O)O)S(=O)(=O)Nc1ccc(SC(F)F)cc1. The fourth-order valence-corrected chi connectivity index (χ4v) is 2.50. The first-order chi connectivity index (χ1) is 8.72. The highest BCUT2D eigenvalue weighted by Crippen LogP contribution is 2.26. The van der Waals surface area contributed by atoms with E-state index in [9.17, 15) is 22.0 Å². The number of carbonyl (C=O) groups is 1. The largest absolute Gasteiger partial charge is 0.480 e. The van der Waals surface area contributed by atoms with Crippen LogP contribution in [0.2, 0.25) is 0 Å². The molecule has 2 N–H and O–H groups in total. The average molecular weight is 311 g/mol. The Morgan fingerprint density at radius 3 is 2.26 bits per heavy atom. The zero-order valence-electron chi connectivity index (χ0n) is 9.71. The molecule has 0 fully saturated rings. The van der Waals surface area contributed by atoms with Gasteiger partial charge >= 0.3 is 5.97 Å². The molecule has 0 amide bonds. The van der Waals surface area contributed by atoms with Crippen molar-refractivity contribution in [1.82, 2.24) is 0 Å². The van der Waals surface area contributed by atoms with Crippen LogP contribution < -0.4 is 4.72 Å². The molecule has 1 rings (SSSR count). The van der Waals surface area contributed by atoms with Gasteiger partial charge in [0, 0.05) is 10.6 Å². The molecule has 106 valence electrons. The van der Waals surface area contributed by atoms with E-state index in [1.807, 2.05) is 0 Å². The zero-order chi connectivity index (χ0) is 14.6. The number of aliphatic carboxylic acids is 1. The van der Waals surface area contributed by atoms with Crippen LogP contribution in [0.1, 0.15) is 6.92 Å². The summed E-state index contributed by atoms with van der Waals surface area (Å²) in [6, 6.07) is 5.22. The third-order valence-electron chi connectivity index (χ3n) is 2.15. The lowest BCUT2D eigenvalue weighted by Crippen LogP contribution is -2.32. The van der Waals surface area contributed by atoms with Crippen LogP contribution in [0.5, 0.6) is 0 Å². The summed E-state index contributed by atoms with van der Waals surface area (Å²) in [5.74, 6) is -4.04. The molecule has 0 heterocycles. The molecule has 5 nitrogen and oxygen atoms in total. The number of sulfonamides is 1. The second-order valence-electron chi connectivity index (χ2n) is 3.53. The van der Waals surface area contributed by atoms with Gasteiger partial charge < -0.3 is 5.11 Å². The van der Waals surface area contributed by atoms with Crippen LogP contribution in [-0.4, -0.2) is 30.5 Å². The number of nitrogens with one attached hydrogen (secondary N) is 1. The third kappa shape index (κ3) is 4.67. The van der Waals surface area contributed by atoms with E-state index in [-0.39, 0.29) is 10.6 Å². The molecule has 1 atom stereocenters. The van der Waals surface area contributed by atoms with E-state index in [1.165, 1.54) is 24.3 Å². The number of benzene rings is 1. The predicted octanol–water partition coefficient (Wildman–Crippen LogP) is 2.22. The maximum Gasteiger partial charge on any atom is 0.323 e. The second-order valence-corrected chi connectivity index (χ2v) is 6.60. The molecule has 1 aromatic carbocycles. The molecular formula is C10H11F2NO4S2. The number of alkyl halides is 2. The summed E-state index contributed by atoms with van der Waals surface area (Å²) in [5, 5.41) is 7.02. The van der Waals surface area contributed by atoms with Gasteiger partial charge in [-0.25, -0.2) is 8.42 Å². The summed E-state index contributed by atoms with van der Waals surface area (Å²) < 4.78 is 49.4. The molecule has 9 heteroatoms. The number of hydrogen-bond acceptors (Lipinski definition) is 4. The van der Waals surface area contributed by atoms with Crippen LogP contribution in [0.4, 0.5) is 14.5 Å². The monoisotopic (exact) mass is 311 g/mol. The molecule has 0 aliphatic rings. The van der Waals surface area contributed by atoms with Crippen molar-refractivity contribution >= 4 is 33.4 Å². The highest BCUT2D eigenvalue weighted by molar-refractivity contribution is 7.99. The maximum atomic E-state index is 12.1. The minimum absolute atomic E-state index is 0.117. The molecule has 0 aliphatic carbocycles. The lowest BCUT2D eigenvalue weighted by atomic mass is 10.3. The Kier molecular flexibility index (Phi) is 5.12. The van der Waals surface area contributed by atoms with Gasteiger partial charge in [0.25, 0.3) is 5.76 Å². The smallest absolute Gasteiger partial charge is 0.323 e. The van der Waals surface area contributed by atoms with Crippen molar-refractivity contribution in [2.75, 3.05) is 4.72 Å². The molecule has 0 radical (unpaired) electrons. The van der Waals surface area contributed by atoms with Crippen LogP contribution in [0, 0.1) is 0 Å². The van der Waals surface area contributed by atoms with Crippen LogP contribution in [0.3, 0.4) is 0 Å². The molecular weight excluding hydrogens is 300 g/mol. The number of hydrogen-bond donors (Lipinski definition) is 2. The number of carboxylic acids is 1. The second kappa shape index (κ2) is 6.20. The van der Waals surface area contributed by atoms with Gasteiger partial charge in [-0.2, -0.15) is 8.78 Å². The van der Waals surface area contributed by atoms with Crippen LogP contribution in [0.15, 0.2) is 29.2 Å². The van der Waals surface area contributed by atoms with Crippen molar-refractivity contribution in [3.8, 4) is 0 Å². The first kappa shape index (κ1) is 15.7. The quantitative estimate of drug-likeness (QED) is 0.787. The molecule has 1 unspecified atom stereocenters. The summed E-state index contributed by atoms with van der Waals surface area (Å²) in [4.78, 5) is 10.9. The molecule has 0 bridgehead atoms. The van der Waals surface area contributed by atoms with E-state index in [2.05, 4.69) is 4.72 Å². The Morgan fingerprint density at radius 1 is 1.32 bits per heavy atom. The molecule has 0 spiro atoms. The van der Waals surface area contributed by atoms with Crippen molar-refractivity contribution in [1.29, 1.82) is 0 Å². The predicted molar refractivity (Wildman–Crippen MR) is 67.9 cm³/mol. The Balaban J connectivity index is 2.81. The third-order valence-corrected chi connectivity index (χ3v) is 4.53. The van der Waals surface area contributed by atoms with E-state index in [0.717, 1.165) is 6.92 Å². The molecule has 0 aliphatic heterocycles. The summed E-state index contributed by atoms with van der Waals surface area (Å²) in [6.07, 6.45) is 0. The Bertz CT molecular complexity index is 545. The van der Waals surface area contributed by atoms with Gasteiger partial charge in [-0.3, -0.25) is 9.52 Å². The first-order valence-electron chi connectivity index (χ1n) is 5.01. The summed E-state index contributed by atoms with van der Waals surface area (Å²) in [5.41, 5.74) is 0.117.